The quantitative estimate of drug-likeness (QED) is 0.871. The van der Waals surface area contributed by atoms with Gasteiger partial charge in [0, 0.05) is 11.6 Å². The molecule has 1 aromatic heterocycles. The van der Waals surface area contributed by atoms with Gasteiger partial charge in [0.1, 0.15) is 11.5 Å². The molecule has 0 unspecified atom stereocenters. The smallest absolute Gasteiger partial charge is 0.147 e. The Labute approximate surface area is 101 Å². The van der Waals surface area contributed by atoms with Crippen molar-refractivity contribution < 1.29 is 4.74 Å². The number of rotatable bonds is 3. The molecule has 1 aromatic carbocycles. The lowest BCUT2D eigenvalue weighted by molar-refractivity contribution is 0.479. The lowest BCUT2D eigenvalue weighted by Crippen LogP contribution is -1.91. The highest BCUT2D eigenvalue weighted by Gasteiger charge is 2.02. The van der Waals surface area contributed by atoms with E-state index in [-0.39, 0.29) is 0 Å². The van der Waals surface area contributed by atoms with Crippen molar-refractivity contribution in [3.05, 3.63) is 54.4 Å². The number of nitrogen functional groups attached to an aromatic ring is 1. The highest BCUT2D eigenvalue weighted by Crippen LogP contribution is 2.26. The Kier molecular flexibility index (Phi) is 3.40. The Morgan fingerprint density at radius 3 is 2.82 bits per heavy atom. The van der Waals surface area contributed by atoms with E-state index >= 15 is 0 Å². The zero-order valence-electron chi connectivity index (χ0n) is 9.63. The second-order valence-electron chi connectivity index (χ2n) is 3.59. The summed E-state index contributed by atoms with van der Waals surface area (Å²) in [5.74, 6) is 1.43. The average Bonchev–Trinajstić information content (AvgIpc) is 2.32. The van der Waals surface area contributed by atoms with Crippen molar-refractivity contribution in [1.29, 1.82) is 0 Å². The minimum Gasteiger partial charge on any atom is -0.455 e. The van der Waals surface area contributed by atoms with E-state index in [2.05, 4.69) is 4.98 Å². The molecule has 0 aliphatic carbocycles. The van der Waals surface area contributed by atoms with Gasteiger partial charge in [0.25, 0.3) is 0 Å². The molecule has 2 N–H and O–H groups in total. The van der Waals surface area contributed by atoms with Gasteiger partial charge in [-0.25, -0.2) is 0 Å². The predicted octanol–water partition coefficient (Wildman–Crippen LogP) is 3.49. The van der Waals surface area contributed by atoms with E-state index in [0.29, 0.717) is 11.4 Å². The monoisotopic (exact) mass is 226 g/mol. The van der Waals surface area contributed by atoms with Gasteiger partial charge in [0.05, 0.1) is 18.1 Å². The number of benzene rings is 1. The van der Waals surface area contributed by atoms with Gasteiger partial charge in [-0.15, -0.1) is 0 Å². The predicted molar refractivity (Wildman–Crippen MR) is 69.9 cm³/mol. The summed E-state index contributed by atoms with van der Waals surface area (Å²) in [4.78, 5) is 3.99. The van der Waals surface area contributed by atoms with Crippen molar-refractivity contribution in [2.24, 2.45) is 0 Å². The van der Waals surface area contributed by atoms with Crippen LogP contribution in [0.3, 0.4) is 0 Å². The molecule has 17 heavy (non-hydrogen) atoms. The first-order chi connectivity index (χ1) is 8.29. The minimum absolute atomic E-state index is 0.589. The normalized spacial score (nSPS) is 10.6. The largest absolute Gasteiger partial charge is 0.455 e. The molecule has 3 nitrogen and oxygen atoms in total. The first-order valence-electron chi connectivity index (χ1n) is 5.39. The van der Waals surface area contributed by atoms with Gasteiger partial charge >= 0.3 is 0 Å². The zero-order chi connectivity index (χ0) is 12.1. The van der Waals surface area contributed by atoms with E-state index in [4.69, 9.17) is 10.5 Å². The number of pyridine rings is 1. The molecule has 2 rings (SSSR count). The zero-order valence-corrected chi connectivity index (χ0v) is 9.63. The molecular formula is C14H14N2O. The second-order valence-corrected chi connectivity index (χ2v) is 3.59. The van der Waals surface area contributed by atoms with Gasteiger partial charge in [-0.1, -0.05) is 30.4 Å². The van der Waals surface area contributed by atoms with Crippen LogP contribution in [-0.4, -0.2) is 4.98 Å². The van der Waals surface area contributed by atoms with Crippen LogP contribution in [0.2, 0.25) is 0 Å². The Morgan fingerprint density at radius 2 is 2.06 bits per heavy atom. The van der Waals surface area contributed by atoms with Crippen molar-refractivity contribution >= 4 is 11.8 Å². The van der Waals surface area contributed by atoms with E-state index in [1.54, 1.807) is 18.5 Å². The second kappa shape index (κ2) is 5.16. The van der Waals surface area contributed by atoms with Crippen LogP contribution in [0.15, 0.2) is 48.8 Å². The van der Waals surface area contributed by atoms with Crippen LogP contribution in [0.5, 0.6) is 11.5 Å². The average molecular weight is 226 g/mol. The first kappa shape index (κ1) is 11.2. The van der Waals surface area contributed by atoms with Gasteiger partial charge in [-0.3, -0.25) is 4.98 Å². The first-order valence-corrected chi connectivity index (χ1v) is 5.39. The highest BCUT2D eigenvalue weighted by atomic mass is 16.5. The Hall–Kier alpha value is -2.29. The summed E-state index contributed by atoms with van der Waals surface area (Å²) in [6.45, 7) is 1.97. The topological polar surface area (TPSA) is 48.1 Å². The van der Waals surface area contributed by atoms with Crippen molar-refractivity contribution in [3.63, 3.8) is 0 Å². The Morgan fingerprint density at radius 1 is 1.24 bits per heavy atom. The molecule has 0 aliphatic rings. The maximum Gasteiger partial charge on any atom is 0.147 e. The fraction of sp³-hybridized carbons (Fsp3) is 0.0714. The molecule has 0 spiro atoms. The third kappa shape index (κ3) is 2.84. The summed E-state index contributed by atoms with van der Waals surface area (Å²) >= 11 is 0. The molecule has 0 bridgehead atoms. The maximum absolute atomic E-state index is 5.75. The molecular weight excluding hydrogens is 212 g/mol. The Balaban J connectivity index is 2.29. The van der Waals surface area contributed by atoms with Gasteiger partial charge in [0.2, 0.25) is 0 Å². The van der Waals surface area contributed by atoms with Gasteiger partial charge in [-0.2, -0.15) is 0 Å². The van der Waals surface area contributed by atoms with E-state index in [1.807, 2.05) is 43.3 Å². The third-order valence-corrected chi connectivity index (χ3v) is 2.23. The van der Waals surface area contributed by atoms with E-state index in [1.165, 1.54) is 0 Å². The SMILES string of the molecule is C/C=C/c1ccccc1Oc1cncc(N)c1. The van der Waals surface area contributed by atoms with Crippen LogP contribution in [0.4, 0.5) is 5.69 Å². The number of para-hydroxylation sites is 1. The molecule has 0 saturated carbocycles. The minimum atomic E-state index is 0.589. The van der Waals surface area contributed by atoms with Crippen LogP contribution in [0.25, 0.3) is 6.08 Å². The van der Waals surface area contributed by atoms with E-state index in [0.717, 1.165) is 11.3 Å². The molecule has 0 fully saturated rings. The van der Waals surface area contributed by atoms with Crippen LogP contribution in [-0.2, 0) is 0 Å². The summed E-state index contributed by atoms with van der Waals surface area (Å²) in [5.41, 5.74) is 7.27. The molecule has 0 aliphatic heterocycles. The van der Waals surface area contributed by atoms with Gasteiger partial charge in [0.15, 0.2) is 0 Å². The lowest BCUT2D eigenvalue weighted by Gasteiger charge is -2.08. The number of aromatic nitrogens is 1. The number of anilines is 1. The molecule has 2 aromatic rings. The van der Waals surface area contributed by atoms with Crippen LogP contribution in [0, 0.1) is 0 Å². The van der Waals surface area contributed by atoms with Gasteiger partial charge < -0.3 is 10.5 Å². The fourth-order valence-electron chi connectivity index (χ4n) is 1.51. The van der Waals surface area contributed by atoms with Crippen LogP contribution >= 0.6 is 0 Å². The number of hydrogen-bond donors (Lipinski definition) is 1. The third-order valence-electron chi connectivity index (χ3n) is 2.23. The number of hydrogen-bond acceptors (Lipinski definition) is 3. The number of nitrogens with zero attached hydrogens (tertiary/aromatic N) is 1. The molecule has 1 heterocycles. The highest BCUT2D eigenvalue weighted by molar-refractivity contribution is 5.58. The molecule has 86 valence electrons. The number of allylic oxidation sites excluding steroid dienone is 1. The molecule has 0 atom stereocenters. The Bertz CT molecular complexity index is 535. The fourth-order valence-corrected chi connectivity index (χ4v) is 1.51. The summed E-state index contributed by atoms with van der Waals surface area (Å²) in [7, 11) is 0. The van der Waals surface area contributed by atoms with Crippen molar-refractivity contribution in [2.45, 2.75) is 6.92 Å². The van der Waals surface area contributed by atoms with Crippen LogP contribution < -0.4 is 10.5 Å². The van der Waals surface area contributed by atoms with Crippen molar-refractivity contribution in [1.82, 2.24) is 4.98 Å². The van der Waals surface area contributed by atoms with Crippen molar-refractivity contribution in [3.8, 4) is 11.5 Å². The number of nitrogens with two attached hydrogens (primary N) is 1. The molecule has 0 amide bonds. The molecule has 3 heteroatoms. The maximum atomic E-state index is 5.75. The lowest BCUT2D eigenvalue weighted by atomic mass is 10.2. The standard InChI is InChI=1S/C14H14N2O/c1-2-5-11-6-3-4-7-14(11)17-13-8-12(15)9-16-10-13/h2-10H,15H2,1H3/b5-2+. The van der Waals surface area contributed by atoms with Crippen LogP contribution in [0.1, 0.15) is 12.5 Å². The van der Waals surface area contributed by atoms with E-state index < -0.39 is 0 Å². The van der Waals surface area contributed by atoms with E-state index in [9.17, 15) is 0 Å². The summed E-state index contributed by atoms with van der Waals surface area (Å²) in [6, 6.07) is 9.56. The summed E-state index contributed by atoms with van der Waals surface area (Å²) < 4.78 is 5.75. The summed E-state index contributed by atoms with van der Waals surface area (Å²) in [5, 5.41) is 0. The molecule has 0 radical (unpaired) electrons. The molecule has 0 saturated heterocycles. The van der Waals surface area contributed by atoms with Crippen molar-refractivity contribution in [2.75, 3.05) is 5.73 Å². The van der Waals surface area contributed by atoms with Gasteiger partial charge in [-0.05, 0) is 13.0 Å². The number of ether oxygens (including phenoxy) is 1. The summed E-state index contributed by atoms with van der Waals surface area (Å²) in [6.07, 6.45) is 7.20.